The Balaban J connectivity index is 1.85. The molecule has 2 aromatic heterocycles. The first-order chi connectivity index (χ1) is 14.5. The van der Waals surface area contributed by atoms with E-state index in [9.17, 15) is 9.59 Å². The zero-order valence-corrected chi connectivity index (χ0v) is 18.8. The quantitative estimate of drug-likeness (QED) is 0.355. The molecule has 5 nitrogen and oxygen atoms in total. The Morgan fingerprint density at radius 1 is 1.40 bits per heavy atom. The molecule has 4 rings (SSSR count). The van der Waals surface area contributed by atoms with E-state index in [0.29, 0.717) is 21.3 Å². The fourth-order valence-electron chi connectivity index (χ4n) is 3.56. The first-order valence-corrected chi connectivity index (χ1v) is 11.8. The number of halogens is 1. The molecule has 8 heteroatoms. The Labute approximate surface area is 187 Å². The predicted molar refractivity (Wildman–Crippen MR) is 124 cm³/mol. The van der Waals surface area contributed by atoms with Crippen LogP contribution in [0.1, 0.15) is 28.8 Å². The van der Waals surface area contributed by atoms with Gasteiger partial charge in [0.05, 0.1) is 23.4 Å². The Morgan fingerprint density at radius 2 is 2.20 bits per heavy atom. The van der Waals surface area contributed by atoms with Gasteiger partial charge in [-0.3, -0.25) is 14.2 Å². The minimum atomic E-state index is -0.203. The van der Waals surface area contributed by atoms with Crippen LogP contribution in [0.5, 0.6) is 0 Å². The van der Waals surface area contributed by atoms with Gasteiger partial charge in [0.2, 0.25) is 5.91 Å². The second-order valence-corrected chi connectivity index (χ2v) is 9.56. The highest BCUT2D eigenvalue weighted by atomic mass is 35.5. The van der Waals surface area contributed by atoms with Crippen molar-refractivity contribution in [3.05, 3.63) is 49.6 Å². The van der Waals surface area contributed by atoms with Crippen molar-refractivity contribution in [2.24, 2.45) is 0 Å². The summed E-state index contributed by atoms with van der Waals surface area (Å²) in [6, 6.07) is 5.51. The molecule has 1 aliphatic rings. The lowest BCUT2D eigenvalue weighted by Gasteiger charge is -2.14. The van der Waals surface area contributed by atoms with E-state index in [0.717, 1.165) is 41.6 Å². The maximum atomic E-state index is 13.6. The summed E-state index contributed by atoms with van der Waals surface area (Å²) < 4.78 is 1.58. The molecular formula is C22H20ClN3O2S2. The molecule has 30 heavy (non-hydrogen) atoms. The monoisotopic (exact) mass is 457 g/mol. The van der Waals surface area contributed by atoms with E-state index in [-0.39, 0.29) is 23.8 Å². The summed E-state index contributed by atoms with van der Waals surface area (Å²) in [4.78, 5) is 32.5. The molecule has 0 saturated heterocycles. The smallest absolute Gasteiger partial charge is 0.267 e. The first kappa shape index (κ1) is 21.0. The standard InChI is InChI=1S/C22H20ClN3O2S2/c1-3-10-24-18(27)12-29-22-25-20-19(15-6-4-5-7-17(15)30-20)21(28)26(22)14-9-8-13(2)16(23)11-14/h1,8-9,11H,4-7,10,12H2,2H3,(H,24,27). The normalized spacial score (nSPS) is 13.1. The molecule has 0 spiro atoms. The number of thiophene rings is 1. The van der Waals surface area contributed by atoms with Crippen LogP contribution in [0.15, 0.2) is 28.2 Å². The number of nitrogens with one attached hydrogen (secondary N) is 1. The third-order valence-corrected chi connectivity index (χ3v) is 7.62. The largest absolute Gasteiger partial charge is 0.344 e. The third-order valence-electron chi connectivity index (χ3n) is 5.09. The molecule has 0 bridgehead atoms. The van der Waals surface area contributed by atoms with E-state index in [1.54, 1.807) is 22.0 Å². The van der Waals surface area contributed by atoms with Crippen LogP contribution in [-0.2, 0) is 17.6 Å². The molecule has 0 atom stereocenters. The van der Waals surface area contributed by atoms with Gasteiger partial charge in [0, 0.05) is 9.90 Å². The van der Waals surface area contributed by atoms with Crippen molar-refractivity contribution in [2.75, 3.05) is 12.3 Å². The SMILES string of the molecule is C#CCNC(=O)CSc1nc2sc3c(c2c(=O)n1-c1ccc(C)c(Cl)c1)CCCC3. The van der Waals surface area contributed by atoms with Crippen molar-refractivity contribution in [2.45, 2.75) is 37.8 Å². The number of hydrogen-bond donors (Lipinski definition) is 1. The molecule has 154 valence electrons. The highest BCUT2D eigenvalue weighted by Crippen LogP contribution is 2.35. The number of benzene rings is 1. The summed E-state index contributed by atoms with van der Waals surface area (Å²) in [5, 5.41) is 4.39. The van der Waals surface area contributed by atoms with Crippen LogP contribution in [0, 0.1) is 19.3 Å². The topological polar surface area (TPSA) is 64.0 Å². The van der Waals surface area contributed by atoms with Crippen LogP contribution in [0.25, 0.3) is 15.9 Å². The fraction of sp³-hybridized carbons (Fsp3) is 0.318. The number of hydrogen-bond acceptors (Lipinski definition) is 5. The van der Waals surface area contributed by atoms with Crippen molar-refractivity contribution in [3.63, 3.8) is 0 Å². The van der Waals surface area contributed by atoms with Gasteiger partial charge in [-0.15, -0.1) is 17.8 Å². The molecule has 0 unspecified atom stereocenters. The van der Waals surface area contributed by atoms with Crippen LogP contribution < -0.4 is 10.9 Å². The summed E-state index contributed by atoms with van der Waals surface area (Å²) in [6.07, 6.45) is 9.32. The molecule has 3 aromatic rings. The Kier molecular flexibility index (Phi) is 6.19. The number of terminal acetylenes is 1. The Morgan fingerprint density at radius 3 is 2.97 bits per heavy atom. The number of rotatable bonds is 5. The summed E-state index contributed by atoms with van der Waals surface area (Å²) in [6.45, 7) is 2.08. The molecule has 0 fully saturated rings. The van der Waals surface area contributed by atoms with Gasteiger partial charge < -0.3 is 5.32 Å². The van der Waals surface area contributed by atoms with Gasteiger partial charge in [-0.05, 0) is 55.9 Å². The molecule has 1 amide bonds. The molecule has 0 aliphatic heterocycles. The molecule has 0 radical (unpaired) electrons. The summed E-state index contributed by atoms with van der Waals surface area (Å²) in [5.74, 6) is 2.29. The number of fused-ring (bicyclic) bond motifs is 3. The number of aryl methyl sites for hydroxylation is 3. The number of thioether (sulfide) groups is 1. The molecule has 1 aliphatic carbocycles. The van der Waals surface area contributed by atoms with Crippen LogP contribution in [0.4, 0.5) is 0 Å². The minimum Gasteiger partial charge on any atom is -0.344 e. The molecule has 1 N–H and O–H groups in total. The fourth-order valence-corrected chi connectivity index (χ4v) is 5.88. The van der Waals surface area contributed by atoms with Gasteiger partial charge in [-0.2, -0.15) is 0 Å². The van der Waals surface area contributed by atoms with E-state index in [1.165, 1.54) is 16.6 Å². The van der Waals surface area contributed by atoms with Gasteiger partial charge in [-0.1, -0.05) is 35.3 Å². The predicted octanol–water partition coefficient (Wildman–Crippen LogP) is 4.13. The zero-order chi connectivity index (χ0) is 21.3. The summed E-state index contributed by atoms with van der Waals surface area (Å²) in [7, 11) is 0. The maximum absolute atomic E-state index is 13.6. The van der Waals surface area contributed by atoms with E-state index in [1.807, 2.05) is 19.1 Å². The lowest BCUT2D eigenvalue weighted by molar-refractivity contribution is -0.118. The lowest BCUT2D eigenvalue weighted by Crippen LogP contribution is -2.26. The van der Waals surface area contributed by atoms with Crippen molar-refractivity contribution >= 4 is 50.8 Å². The summed E-state index contributed by atoms with van der Waals surface area (Å²) in [5.41, 5.74) is 2.60. The van der Waals surface area contributed by atoms with Crippen molar-refractivity contribution < 1.29 is 4.79 Å². The third kappa shape index (κ3) is 4.00. The second-order valence-electron chi connectivity index (χ2n) is 7.13. The van der Waals surface area contributed by atoms with Crippen molar-refractivity contribution in [3.8, 4) is 18.0 Å². The molecule has 2 heterocycles. The number of nitrogens with zero attached hydrogens (tertiary/aromatic N) is 2. The van der Waals surface area contributed by atoms with Crippen LogP contribution in [0.2, 0.25) is 5.02 Å². The average molecular weight is 458 g/mol. The van der Waals surface area contributed by atoms with Crippen LogP contribution in [0.3, 0.4) is 0 Å². The van der Waals surface area contributed by atoms with E-state index < -0.39 is 0 Å². The average Bonchev–Trinajstić information content (AvgIpc) is 3.11. The molecular weight excluding hydrogens is 438 g/mol. The highest BCUT2D eigenvalue weighted by Gasteiger charge is 2.23. The van der Waals surface area contributed by atoms with Crippen LogP contribution >= 0.6 is 34.7 Å². The van der Waals surface area contributed by atoms with Crippen molar-refractivity contribution in [1.29, 1.82) is 0 Å². The second kappa shape index (κ2) is 8.84. The van der Waals surface area contributed by atoms with Crippen molar-refractivity contribution in [1.82, 2.24) is 14.9 Å². The lowest BCUT2D eigenvalue weighted by atomic mass is 9.97. The maximum Gasteiger partial charge on any atom is 0.267 e. The minimum absolute atomic E-state index is 0.106. The number of carbonyl (C=O) groups is 1. The van der Waals surface area contributed by atoms with Gasteiger partial charge in [-0.25, -0.2) is 4.98 Å². The number of aromatic nitrogens is 2. The van der Waals surface area contributed by atoms with E-state index >= 15 is 0 Å². The van der Waals surface area contributed by atoms with Gasteiger partial charge in [0.25, 0.3) is 5.56 Å². The summed E-state index contributed by atoms with van der Waals surface area (Å²) >= 11 is 9.16. The van der Waals surface area contributed by atoms with Gasteiger partial charge in [0.15, 0.2) is 5.16 Å². The molecule has 1 aromatic carbocycles. The Hall–Kier alpha value is -2.27. The number of carbonyl (C=O) groups excluding carboxylic acids is 1. The van der Waals surface area contributed by atoms with Crippen LogP contribution in [-0.4, -0.2) is 27.8 Å². The van der Waals surface area contributed by atoms with Gasteiger partial charge >= 0.3 is 0 Å². The number of amides is 1. The first-order valence-electron chi connectivity index (χ1n) is 9.66. The molecule has 0 saturated carbocycles. The van der Waals surface area contributed by atoms with E-state index in [2.05, 4.69) is 11.2 Å². The van der Waals surface area contributed by atoms with Gasteiger partial charge in [0.1, 0.15) is 4.83 Å². The Bertz CT molecular complexity index is 1240. The highest BCUT2D eigenvalue weighted by molar-refractivity contribution is 7.99. The van der Waals surface area contributed by atoms with E-state index in [4.69, 9.17) is 23.0 Å². The zero-order valence-electron chi connectivity index (χ0n) is 16.5.